The number of thiazole rings is 1. The van der Waals surface area contributed by atoms with Crippen LogP contribution in [0.4, 0.5) is 5.13 Å². The number of carbonyl (C=O) groups is 1. The van der Waals surface area contributed by atoms with Crippen LogP contribution in [0.1, 0.15) is 17.0 Å². The molecule has 0 aliphatic heterocycles. The number of aromatic nitrogens is 3. The summed E-state index contributed by atoms with van der Waals surface area (Å²) in [6.07, 6.45) is 2.11. The first-order valence-corrected chi connectivity index (χ1v) is 8.07. The van der Waals surface area contributed by atoms with Gasteiger partial charge in [-0.3, -0.25) is 9.48 Å². The average Bonchev–Trinajstić information content (AvgIpc) is 3.00. The van der Waals surface area contributed by atoms with Gasteiger partial charge in [0.15, 0.2) is 5.13 Å². The Morgan fingerprint density at radius 2 is 2.23 bits per heavy atom. The van der Waals surface area contributed by atoms with Crippen LogP contribution in [0, 0.1) is 13.8 Å². The Hall–Kier alpha value is -1.92. The van der Waals surface area contributed by atoms with Gasteiger partial charge in [-0.1, -0.05) is 11.6 Å². The van der Waals surface area contributed by atoms with E-state index in [9.17, 15) is 4.79 Å². The number of aryl methyl sites for hydroxylation is 3. The molecule has 3 aromatic rings. The van der Waals surface area contributed by atoms with E-state index in [2.05, 4.69) is 15.4 Å². The van der Waals surface area contributed by atoms with Crippen molar-refractivity contribution in [1.29, 1.82) is 0 Å². The van der Waals surface area contributed by atoms with E-state index in [1.807, 2.05) is 32.0 Å². The summed E-state index contributed by atoms with van der Waals surface area (Å²) in [6.45, 7) is 4.42. The van der Waals surface area contributed by atoms with E-state index >= 15 is 0 Å². The quantitative estimate of drug-likeness (QED) is 0.789. The van der Waals surface area contributed by atoms with Crippen LogP contribution in [0.3, 0.4) is 0 Å². The van der Waals surface area contributed by atoms with Crippen molar-refractivity contribution >= 4 is 44.9 Å². The second-order valence-electron chi connectivity index (χ2n) is 5.03. The molecule has 0 atom stereocenters. The molecular formula is C15H15ClN4OS. The highest BCUT2D eigenvalue weighted by atomic mass is 35.5. The molecule has 0 fully saturated rings. The maximum Gasteiger partial charge on any atom is 0.228 e. The topological polar surface area (TPSA) is 59.8 Å². The summed E-state index contributed by atoms with van der Waals surface area (Å²) in [5.41, 5.74) is 1.88. The predicted molar refractivity (Wildman–Crippen MR) is 89.6 cm³/mol. The number of hydrogen-bond acceptors (Lipinski definition) is 4. The summed E-state index contributed by atoms with van der Waals surface area (Å²) >= 11 is 7.50. The van der Waals surface area contributed by atoms with Gasteiger partial charge >= 0.3 is 0 Å². The van der Waals surface area contributed by atoms with Crippen molar-refractivity contribution in [1.82, 2.24) is 14.8 Å². The van der Waals surface area contributed by atoms with E-state index < -0.39 is 0 Å². The molecule has 0 saturated carbocycles. The predicted octanol–water partition coefficient (Wildman–Crippen LogP) is 3.79. The van der Waals surface area contributed by atoms with Crippen LogP contribution in [0.15, 0.2) is 24.4 Å². The van der Waals surface area contributed by atoms with Gasteiger partial charge < -0.3 is 5.32 Å². The van der Waals surface area contributed by atoms with E-state index in [1.165, 1.54) is 11.3 Å². The second kappa shape index (κ2) is 6.06. The molecule has 3 rings (SSSR count). The number of amides is 1. The fraction of sp³-hybridized carbons (Fsp3) is 0.267. The van der Waals surface area contributed by atoms with E-state index in [0.717, 1.165) is 21.5 Å². The largest absolute Gasteiger partial charge is 0.302 e. The number of hydrogen-bond donors (Lipinski definition) is 1. The molecule has 0 aliphatic carbocycles. The number of benzene rings is 1. The molecule has 2 heterocycles. The average molecular weight is 335 g/mol. The lowest BCUT2D eigenvalue weighted by Crippen LogP contribution is -2.14. The van der Waals surface area contributed by atoms with Gasteiger partial charge in [0, 0.05) is 21.7 Å². The summed E-state index contributed by atoms with van der Waals surface area (Å²) in [5, 5.41) is 9.44. The van der Waals surface area contributed by atoms with Gasteiger partial charge in [0.05, 0.1) is 24.0 Å². The third kappa shape index (κ3) is 3.13. The van der Waals surface area contributed by atoms with E-state index in [0.29, 0.717) is 23.1 Å². The molecule has 0 saturated heterocycles. The third-order valence-electron chi connectivity index (χ3n) is 3.43. The zero-order valence-corrected chi connectivity index (χ0v) is 13.8. The van der Waals surface area contributed by atoms with Crippen LogP contribution in [0.25, 0.3) is 10.9 Å². The summed E-state index contributed by atoms with van der Waals surface area (Å²) < 4.78 is 1.79. The lowest BCUT2D eigenvalue weighted by molar-refractivity contribution is -0.116. The molecule has 7 heteroatoms. The van der Waals surface area contributed by atoms with Gasteiger partial charge in [-0.25, -0.2) is 4.98 Å². The fourth-order valence-electron chi connectivity index (χ4n) is 2.14. The fourth-order valence-corrected chi connectivity index (χ4v) is 3.13. The zero-order chi connectivity index (χ0) is 15.7. The minimum absolute atomic E-state index is 0.0700. The number of nitrogens with one attached hydrogen (secondary N) is 1. The van der Waals surface area contributed by atoms with Crippen LogP contribution in [0.5, 0.6) is 0 Å². The lowest BCUT2D eigenvalue weighted by atomic mass is 10.2. The highest BCUT2D eigenvalue weighted by Gasteiger charge is 2.09. The Morgan fingerprint density at radius 1 is 1.41 bits per heavy atom. The van der Waals surface area contributed by atoms with Crippen LogP contribution >= 0.6 is 22.9 Å². The first-order chi connectivity index (χ1) is 10.5. The molecule has 1 N–H and O–H groups in total. The highest BCUT2D eigenvalue weighted by molar-refractivity contribution is 7.15. The first kappa shape index (κ1) is 15.0. The molecule has 0 aliphatic rings. The minimum Gasteiger partial charge on any atom is -0.302 e. The van der Waals surface area contributed by atoms with Crippen molar-refractivity contribution in [2.24, 2.45) is 0 Å². The molecule has 2 aromatic heterocycles. The molecule has 114 valence electrons. The van der Waals surface area contributed by atoms with Crippen molar-refractivity contribution in [2.75, 3.05) is 5.32 Å². The Labute approximate surface area is 136 Å². The molecule has 22 heavy (non-hydrogen) atoms. The van der Waals surface area contributed by atoms with Gasteiger partial charge in [0.1, 0.15) is 0 Å². The lowest BCUT2D eigenvalue weighted by Gasteiger charge is -2.04. The number of halogens is 1. The summed E-state index contributed by atoms with van der Waals surface area (Å²) in [4.78, 5) is 17.4. The molecule has 1 aromatic carbocycles. The van der Waals surface area contributed by atoms with Crippen molar-refractivity contribution in [2.45, 2.75) is 26.8 Å². The zero-order valence-electron chi connectivity index (χ0n) is 12.3. The Bertz CT molecular complexity index is 820. The van der Waals surface area contributed by atoms with Gasteiger partial charge in [-0.2, -0.15) is 5.10 Å². The molecule has 0 spiro atoms. The molecule has 0 bridgehead atoms. The van der Waals surface area contributed by atoms with Crippen LogP contribution in [0.2, 0.25) is 5.02 Å². The van der Waals surface area contributed by atoms with E-state index in [1.54, 1.807) is 10.9 Å². The Balaban J connectivity index is 1.66. The van der Waals surface area contributed by atoms with E-state index in [4.69, 9.17) is 11.6 Å². The number of anilines is 1. The SMILES string of the molecule is Cc1nc(NC(=O)CCn2ncc3ccc(Cl)cc32)sc1C. The molecule has 0 unspecified atom stereocenters. The van der Waals surface area contributed by atoms with Gasteiger partial charge in [-0.05, 0) is 32.0 Å². The Morgan fingerprint density at radius 3 is 2.95 bits per heavy atom. The van der Waals surface area contributed by atoms with Crippen LogP contribution in [-0.4, -0.2) is 20.7 Å². The normalized spacial score (nSPS) is 11.0. The van der Waals surface area contributed by atoms with Crippen LogP contribution in [-0.2, 0) is 11.3 Å². The monoisotopic (exact) mass is 334 g/mol. The van der Waals surface area contributed by atoms with Crippen molar-refractivity contribution < 1.29 is 4.79 Å². The number of carbonyl (C=O) groups excluding carboxylic acids is 1. The van der Waals surface area contributed by atoms with Gasteiger partial charge in [0.2, 0.25) is 5.91 Å². The molecular weight excluding hydrogens is 320 g/mol. The highest BCUT2D eigenvalue weighted by Crippen LogP contribution is 2.22. The van der Waals surface area contributed by atoms with Crippen molar-refractivity contribution in [3.8, 4) is 0 Å². The minimum atomic E-state index is -0.0700. The number of rotatable bonds is 4. The first-order valence-electron chi connectivity index (χ1n) is 6.88. The third-order valence-corrected chi connectivity index (χ3v) is 4.66. The van der Waals surface area contributed by atoms with Gasteiger partial charge in [0.25, 0.3) is 0 Å². The second-order valence-corrected chi connectivity index (χ2v) is 6.67. The van der Waals surface area contributed by atoms with Crippen LogP contribution < -0.4 is 5.32 Å². The summed E-state index contributed by atoms with van der Waals surface area (Å²) in [6, 6.07) is 5.60. The number of fused-ring (bicyclic) bond motifs is 1. The Kier molecular flexibility index (Phi) is 4.13. The molecule has 0 radical (unpaired) electrons. The summed E-state index contributed by atoms with van der Waals surface area (Å²) in [5.74, 6) is -0.0700. The smallest absolute Gasteiger partial charge is 0.228 e. The standard InChI is InChI=1S/C15H15ClN4OS/c1-9-10(2)22-15(18-9)19-14(21)5-6-20-13-7-12(16)4-3-11(13)8-17-20/h3-4,7-8H,5-6H2,1-2H3,(H,18,19,21). The maximum absolute atomic E-state index is 12.0. The molecule has 5 nitrogen and oxygen atoms in total. The van der Waals surface area contributed by atoms with Crippen molar-refractivity contribution in [3.05, 3.63) is 40.0 Å². The maximum atomic E-state index is 12.0. The molecule has 1 amide bonds. The van der Waals surface area contributed by atoms with E-state index in [-0.39, 0.29) is 5.91 Å². The van der Waals surface area contributed by atoms with Crippen molar-refractivity contribution in [3.63, 3.8) is 0 Å². The van der Waals surface area contributed by atoms with Gasteiger partial charge in [-0.15, -0.1) is 11.3 Å². The summed E-state index contributed by atoms with van der Waals surface area (Å²) in [7, 11) is 0. The number of nitrogens with zero attached hydrogens (tertiary/aromatic N) is 3.